The van der Waals surface area contributed by atoms with E-state index in [4.69, 9.17) is 0 Å². The molecule has 2 aromatic rings. The summed E-state index contributed by atoms with van der Waals surface area (Å²) in [6, 6.07) is 3.25. The van der Waals surface area contributed by atoms with Crippen LogP contribution in [-0.4, -0.2) is 26.2 Å². The molecule has 7 heteroatoms. The van der Waals surface area contributed by atoms with Gasteiger partial charge in [-0.2, -0.15) is 0 Å². The van der Waals surface area contributed by atoms with Crippen LogP contribution < -0.4 is 10.9 Å². The van der Waals surface area contributed by atoms with Crippen molar-refractivity contribution in [2.45, 2.75) is 18.6 Å². The summed E-state index contributed by atoms with van der Waals surface area (Å²) < 4.78 is 1.55. The highest BCUT2D eigenvalue weighted by Crippen LogP contribution is 2.25. The maximum Gasteiger partial charge on any atom is 0.254 e. The van der Waals surface area contributed by atoms with Crippen molar-refractivity contribution in [3.63, 3.8) is 0 Å². The monoisotopic (exact) mass is 302 g/mol. The van der Waals surface area contributed by atoms with Crippen molar-refractivity contribution >= 4 is 23.4 Å². The van der Waals surface area contributed by atoms with Crippen LogP contribution in [0, 0.1) is 12.8 Å². The molecular formula is C14H14N4O2S. The maximum atomic E-state index is 12.4. The van der Waals surface area contributed by atoms with Crippen molar-refractivity contribution in [1.82, 2.24) is 14.5 Å². The molecule has 0 radical (unpaired) electrons. The number of carbonyl (C=O) groups excluding carboxylic acids is 1. The van der Waals surface area contributed by atoms with Gasteiger partial charge in [-0.15, -0.1) is 0 Å². The fourth-order valence-corrected chi connectivity index (χ4v) is 3.20. The second kappa shape index (κ2) is 5.69. The molecule has 0 aliphatic carbocycles. The molecule has 0 saturated heterocycles. The van der Waals surface area contributed by atoms with E-state index in [1.807, 2.05) is 13.0 Å². The SMILES string of the molecule is Cc1ccncc1NC(=O)C1CSc2nccc(=O)n2C1. The highest BCUT2D eigenvalue weighted by Gasteiger charge is 2.26. The van der Waals surface area contributed by atoms with Crippen LogP contribution in [0.25, 0.3) is 0 Å². The lowest BCUT2D eigenvalue weighted by Crippen LogP contribution is -2.36. The number of fused-ring (bicyclic) bond motifs is 1. The van der Waals surface area contributed by atoms with Gasteiger partial charge in [0.2, 0.25) is 5.91 Å². The average Bonchev–Trinajstić information content (AvgIpc) is 2.50. The number of rotatable bonds is 2. The standard InChI is InChI=1S/C14H14N4O2S/c1-9-2-4-15-6-11(9)17-13(20)10-7-18-12(19)3-5-16-14(18)21-8-10/h2-6,10H,7-8H2,1H3,(H,17,20). The molecule has 108 valence electrons. The lowest BCUT2D eigenvalue weighted by atomic mass is 10.1. The normalized spacial score (nSPS) is 17.1. The van der Waals surface area contributed by atoms with Gasteiger partial charge in [-0.1, -0.05) is 11.8 Å². The summed E-state index contributed by atoms with van der Waals surface area (Å²) in [4.78, 5) is 32.3. The number of hydrogen-bond acceptors (Lipinski definition) is 5. The van der Waals surface area contributed by atoms with E-state index < -0.39 is 0 Å². The predicted molar refractivity (Wildman–Crippen MR) is 80.3 cm³/mol. The van der Waals surface area contributed by atoms with Crippen molar-refractivity contribution in [2.75, 3.05) is 11.1 Å². The van der Waals surface area contributed by atoms with E-state index >= 15 is 0 Å². The molecule has 1 amide bonds. The first kappa shape index (κ1) is 13.8. The van der Waals surface area contributed by atoms with Crippen LogP contribution in [0.5, 0.6) is 0 Å². The minimum atomic E-state index is -0.260. The zero-order chi connectivity index (χ0) is 14.8. The molecule has 3 heterocycles. The van der Waals surface area contributed by atoms with Gasteiger partial charge in [-0.25, -0.2) is 4.98 Å². The average molecular weight is 302 g/mol. The Balaban J connectivity index is 1.77. The number of amides is 1. The van der Waals surface area contributed by atoms with Crippen LogP contribution in [-0.2, 0) is 11.3 Å². The molecule has 21 heavy (non-hydrogen) atoms. The minimum Gasteiger partial charge on any atom is -0.324 e. The fraction of sp³-hybridized carbons (Fsp3) is 0.286. The maximum absolute atomic E-state index is 12.4. The topological polar surface area (TPSA) is 76.9 Å². The number of hydrogen-bond donors (Lipinski definition) is 1. The van der Waals surface area contributed by atoms with Gasteiger partial charge in [0.15, 0.2) is 5.16 Å². The number of anilines is 1. The quantitative estimate of drug-likeness (QED) is 0.846. The molecule has 0 bridgehead atoms. The summed E-state index contributed by atoms with van der Waals surface area (Å²) in [7, 11) is 0. The number of aromatic nitrogens is 3. The molecule has 0 fully saturated rings. The predicted octanol–water partition coefficient (Wildman–Crippen LogP) is 1.31. The summed E-state index contributed by atoms with van der Waals surface area (Å²) >= 11 is 1.43. The Hall–Kier alpha value is -2.15. The second-order valence-electron chi connectivity index (χ2n) is 4.86. The van der Waals surface area contributed by atoms with E-state index in [-0.39, 0.29) is 17.4 Å². The lowest BCUT2D eigenvalue weighted by molar-refractivity contribution is -0.119. The van der Waals surface area contributed by atoms with Gasteiger partial charge in [0.1, 0.15) is 0 Å². The summed E-state index contributed by atoms with van der Waals surface area (Å²) in [6.45, 7) is 2.27. The van der Waals surface area contributed by atoms with Gasteiger partial charge in [0.25, 0.3) is 5.56 Å². The Bertz CT molecular complexity index is 744. The molecule has 3 rings (SSSR count). The van der Waals surface area contributed by atoms with Gasteiger partial charge in [0, 0.05) is 30.8 Å². The van der Waals surface area contributed by atoms with Crippen LogP contribution in [0.3, 0.4) is 0 Å². The third-order valence-electron chi connectivity index (χ3n) is 3.38. The van der Waals surface area contributed by atoms with E-state index in [1.54, 1.807) is 17.0 Å². The van der Waals surface area contributed by atoms with Crippen LogP contribution in [0.15, 0.2) is 40.7 Å². The number of nitrogens with zero attached hydrogens (tertiary/aromatic N) is 3. The third kappa shape index (κ3) is 2.82. The van der Waals surface area contributed by atoms with Gasteiger partial charge in [-0.05, 0) is 18.6 Å². The van der Waals surface area contributed by atoms with E-state index in [2.05, 4.69) is 15.3 Å². The highest BCUT2D eigenvalue weighted by molar-refractivity contribution is 7.99. The van der Waals surface area contributed by atoms with Crippen LogP contribution in [0.2, 0.25) is 0 Å². The molecular weight excluding hydrogens is 288 g/mol. The largest absolute Gasteiger partial charge is 0.324 e. The zero-order valence-electron chi connectivity index (χ0n) is 11.4. The Morgan fingerprint density at radius 2 is 2.29 bits per heavy atom. The zero-order valence-corrected chi connectivity index (χ0v) is 12.3. The van der Waals surface area contributed by atoms with E-state index in [9.17, 15) is 9.59 Å². The summed E-state index contributed by atoms with van der Waals surface area (Å²) in [5.74, 6) is 0.255. The number of nitrogens with one attached hydrogen (secondary N) is 1. The third-order valence-corrected chi connectivity index (χ3v) is 4.54. The molecule has 6 nitrogen and oxygen atoms in total. The Kier molecular flexibility index (Phi) is 3.74. The number of pyridine rings is 1. The first-order chi connectivity index (χ1) is 10.1. The molecule has 1 aliphatic heterocycles. The summed E-state index contributed by atoms with van der Waals surface area (Å²) in [5, 5.41) is 3.55. The molecule has 1 N–H and O–H groups in total. The molecule has 1 atom stereocenters. The van der Waals surface area contributed by atoms with Gasteiger partial charge < -0.3 is 5.32 Å². The Morgan fingerprint density at radius 1 is 1.43 bits per heavy atom. The van der Waals surface area contributed by atoms with E-state index in [0.717, 1.165) is 5.56 Å². The Morgan fingerprint density at radius 3 is 3.10 bits per heavy atom. The van der Waals surface area contributed by atoms with Crippen molar-refractivity contribution in [3.05, 3.63) is 46.6 Å². The molecule has 2 aromatic heterocycles. The first-order valence-electron chi connectivity index (χ1n) is 6.55. The molecule has 1 unspecified atom stereocenters. The highest BCUT2D eigenvalue weighted by atomic mass is 32.2. The number of carbonyl (C=O) groups is 1. The number of thioether (sulfide) groups is 1. The van der Waals surface area contributed by atoms with Crippen molar-refractivity contribution < 1.29 is 4.79 Å². The number of aryl methyl sites for hydroxylation is 1. The molecule has 1 aliphatic rings. The molecule has 0 saturated carbocycles. The van der Waals surface area contributed by atoms with E-state index in [1.165, 1.54) is 24.0 Å². The van der Waals surface area contributed by atoms with Gasteiger partial charge in [-0.3, -0.25) is 19.1 Å². The fourth-order valence-electron chi connectivity index (χ4n) is 2.14. The van der Waals surface area contributed by atoms with Crippen LogP contribution >= 0.6 is 11.8 Å². The Labute approximate surface area is 125 Å². The summed E-state index contributed by atoms with van der Waals surface area (Å²) in [5.41, 5.74) is 1.54. The lowest BCUT2D eigenvalue weighted by Gasteiger charge is -2.24. The van der Waals surface area contributed by atoms with Crippen molar-refractivity contribution in [2.24, 2.45) is 5.92 Å². The molecule has 0 spiro atoms. The second-order valence-corrected chi connectivity index (χ2v) is 5.85. The van der Waals surface area contributed by atoms with Crippen LogP contribution in [0.1, 0.15) is 5.56 Å². The van der Waals surface area contributed by atoms with Crippen LogP contribution in [0.4, 0.5) is 5.69 Å². The van der Waals surface area contributed by atoms with Crippen molar-refractivity contribution in [1.29, 1.82) is 0 Å². The van der Waals surface area contributed by atoms with Crippen molar-refractivity contribution in [3.8, 4) is 0 Å². The van der Waals surface area contributed by atoms with Gasteiger partial charge >= 0.3 is 0 Å². The smallest absolute Gasteiger partial charge is 0.254 e. The van der Waals surface area contributed by atoms with Gasteiger partial charge in [0.05, 0.1) is 17.8 Å². The minimum absolute atomic E-state index is 0.0972. The van der Waals surface area contributed by atoms with E-state index in [0.29, 0.717) is 23.1 Å². The summed E-state index contributed by atoms with van der Waals surface area (Å²) in [6.07, 6.45) is 4.81. The first-order valence-corrected chi connectivity index (χ1v) is 7.54. The molecule has 0 aromatic carbocycles.